The van der Waals surface area contributed by atoms with Gasteiger partial charge in [-0.15, -0.1) is 5.10 Å². The minimum absolute atomic E-state index is 0.00737. The van der Waals surface area contributed by atoms with Gasteiger partial charge in [0, 0.05) is 54.6 Å². The lowest BCUT2D eigenvalue weighted by Gasteiger charge is -2.33. The summed E-state index contributed by atoms with van der Waals surface area (Å²) in [5.74, 6) is 0.518. The van der Waals surface area contributed by atoms with E-state index in [9.17, 15) is 9.50 Å². The van der Waals surface area contributed by atoms with Crippen LogP contribution in [0.2, 0.25) is 0 Å². The zero-order valence-corrected chi connectivity index (χ0v) is 17.7. The largest absolute Gasteiger partial charge is 0.395 e. The van der Waals surface area contributed by atoms with Crippen molar-refractivity contribution < 1.29 is 9.50 Å². The summed E-state index contributed by atoms with van der Waals surface area (Å²) in [7, 11) is 0. The Bertz CT molecular complexity index is 1440. The van der Waals surface area contributed by atoms with Crippen molar-refractivity contribution >= 4 is 22.5 Å². The normalized spacial score (nSPS) is 16.7. The minimum Gasteiger partial charge on any atom is -0.395 e. The molecule has 0 saturated carbocycles. The number of nitrogens with zero attached hydrogens (tertiary/aromatic N) is 5. The van der Waals surface area contributed by atoms with Crippen LogP contribution >= 0.6 is 0 Å². The van der Waals surface area contributed by atoms with Gasteiger partial charge in [0.15, 0.2) is 5.65 Å². The van der Waals surface area contributed by atoms with Gasteiger partial charge < -0.3 is 20.3 Å². The number of aliphatic hydroxyl groups excluding tert-OH is 1. The molecule has 1 aliphatic heterocycles. The summed E-state index contributed by atoms with van der Waals surface area (Å²) >= 11 is 0. The van der Waals surface area contributed by atoms with E-state index in [1.807, 2.05) is 35.0 Å². The number of pyridine rings is 1. The number of aromatic amines is 1. The van der Waals surface area contributed by atoms with Gasteiger partial charge in [0.05, 0.1) is 12.3 Å². The molecule has 1 aromatic carbocycles. The lowest BCUT2D eigenvalue weighted by molar-refractivity contribution is 0.235. The van der Waals surface area contributed by atoms with Gasteiger partial charge in [-0.05, 0) is 48.5 Å². The molecule has 0 bridgehead atoms. The van der Waals surface area contributed by atoms with E-state index in [1.54, 1.807) is 18.3 Å². The monoisotopic (exact) mass is 443 g/mol. The van der Waals surface area contributed by atoms with E-state index >= 15 is 0 Å². The number of nitrogens with one attached hydrogen (secondary N) is 2. The van der Waals surface area contributed by atoms with Crippen molar-refractivity contribution in [1.29, 1.82) is 0 Å². The van der Waals surface area contributed by atoms with E-state index in [1.165, 1.54) is 12.1 Å². The molecule has 5 heterocycles. The first-order valence-corrected chi connectivity index (χ1v) is 10.9. The van der Waals surface area contributed by atoms with Gasteiger partial charge >= 0.3 is 0 Å². The molecule has 0 radical (unpaired) electrons. The van der Waals surface area contributed by atoms with Gasteiger partial charge in [-0.1, -0.05) is 0 Å². The van der Waals surface area contributed by atoms with Crippen molar-refractivity contribution in [2.45, 2.75) is 6.04 Å². The number of piperazine rings is 1. The van der Waals surface area contributed by atoms with Crippen molar-refractivity contribution in [2.24, 2.45) is 0 Å². The summed E-state index contributed by atoms with van der Waals surface area (Å²) < 4.78 is 15.5. The highest BCUT2D eigenvalue weighted by Gasteiger charge is 2.23. The van der Waals surface area contributed by atoms with Crippen LogP contribution in [-0.4, -0.2) is 62.0 Å². The molecule has 6 rings (SSSR count). The molecule has 0 aliphatic carbocycles. The Hall–Kier alpha value is -3.82. The number of hydrogen-bond acceptors (Lipinski definition) is 6. The second-order valence-corrected chi connectivity index (χ2v) is 8.16. The lowest BCUT2D eigenvalue weighted by Crippen LogP contribution is -2.52. The molecule has 4 aromatic heterocycles. The van der Waals surface area contributed by atoms with Crippen LogP contribution in [0, 0.1) is 5.82 Å². The van der Waals surface area contributed by atoms with E-state index in [2.05, 4.69) is 20.2 Å². The van der Waals surface area contributed by atoms with Crippen LogP contribution in [0.1, 0.15) is 0 Å². The number of aromatic nitrogens is 5. The molecule has 0 amide bonds. The number of imidazole rings is 1. The van der Waals surface area contributed by atoms with Gasteiger partial charge in [-0.2, -0.15) is 0 Å². The second kappa shape index (κ2) is 7.95. The molecule has 9 heteroatoms. The quantitative estimate of drug-likeness (QED) is 0.396. The summed E-state index contributed by atoms with van der Waals surface area (Å²) in [6.45, 7) is 2.31. The second-order valence-electron chi connectivity index (χ2n) is 8.16. The van der Waals surface area contributed by atoms with Crippen molar-refractivity contribution in [3.8, 4) is 22.5 Å². The predicted molar refractivity (Wildman–Crippen MR) is 125 cm³/mol. The van der Waals surface area contributed by atoms with E-state index in [-0.39, 0.29) is 18.5 Å². The fraction of sp³-hybridized carbons (Fsp3) is 0.208. The highest BCUT2D eigenvalue weighted by atomic mass is 19.1. The maximum atomic E-state index is 13.6. The first kappa shape index (κ1) is 19.8. The number of anilines is 1. The van der Waals surface area contributed by atoms with Gasteiger partial charge in [0.1, 0.15) is 23.0 Å². The average molecular weight is 443 g/mol. The van der Waals surface area contributed by atoms with Crippen LogP contribution in [0.5, 0.6) is 0 Å². The summed E-state index contributed by atoms with van der Waals surface area (Å²) in [5.41, 5.74) is 4.76. The Morgan fingerprint density at radius 2 is 1.97 bits per heavy atom. The third kappa shape index (κ3) is 3.42. The molecule has 33 heavy (non-hydrogen) atoms. The molecule has 1 saturated heterocycles. The maximum absolute atomic E-state index is 13.6. The summed E-state index contributed by atoms with van der Waals surface area (Å²) in [6.07, 6.45) is 3.62. The van der Waals surface area contributed by atoms with Gasteiger partial charge in [0.25, 0.3) is 0 Å². The van der Waals surface area contributed by atoms with Crippen molar-refractivity contribution in [1.82, 2.24) is 29.9 Å². The van der Waals surface area contributed by atoms with E-state index in [4.69, 9.17) is 10.1 Å². The first-order valence-electron chi connectivity index (χ1n) is 10.9. The van der Waals surface area contributed by atoms with E-state index in [0.29, 0.717) is 12.2 Å². The molecule has 0 spiro atoms. The molecule has 1 aliphatic rings. The van der Waals surface area contributed by atoms with Gasteiger partial charge in [-0.3, -0.25) is 0 Å². The predicted octanol–water partition coefficient (Wildman–Crippen LogP) is 2.85. The molecule has 5 aromatic rings. The number of halogens is 1. The maximum Gasteiger partial charge on any atom is 0.155 e. The topological polar surface area (TPSA) is 94.4 Å². The summed E-state index contributed by atoms with van der Waals surface area (Å²) in [4.78, 5) is 14.6. The number of rotatable bonds is 4. The zero-order valence-electron chi connectivity index (χ0n) is 17.7. The van der Waals surface area contributed by atoms with Crippen LogP contribution in [0.3, 0.4) is 0 Å². The molecule has 1 atom stereocenters. The molecular formula is C24H22FN7O. The van der Waals surface area contributed by atoms with Crippen molar-refractivity contribution in [3.05, 3.63) is 66.7 Å². The molecule has 166 valence electrons. The van der Waals surface area contributed by atoms with E-state index < -0.39 is 0 Å². The van der Waals surface area contributed by atoms with Crippen LogP contribution in [0.25, 0.3) is 39.2 Å². The van der Waals surface area contributed by atoms with Gasteiger partial charge in [0.2, 0.25) is 0 Å². The molecule has 8 nitrogen and oxygen atoms in total. The smallest absolute Gasteiger partial charge is 0.155 e. The van der Waals surface area contributed by atoms with Crippen LogP contribution in [-0.2, 0) is 0 Å². The number of hydrogen-bond donors (Lipinski definition) is 3. The molecule has 3 N–H and O–H groups in total. The third-order valence-corrected chi connectivity index (χ3v) is 6.10. The standard InChI is InChI=1S/C24H22FN7O/c25-16-3-1-15(2-4-16)22-23(18-7-9-27-24-19(18)8-10-28-24)32-20(29-22)5-6-21(30-32)31-12-11-26-17(13-31)14-33/h1-10,17,26,33H,11-14H2,(H,27,28). The van der Waals surface area contributed by atoms with Crippen molar-refractivity contribution in [2.75, 3.05) is 31.1 Å². The van der Waals surface area contributed by atoms with Crippen molar-refractivity contribution in [3.63, 3.8) is 0 Å². The minimum atomic E-state index is -0.293. The van der Waals surface area contributed by atoms with Crippen LogP contribution in [0.4, 0.5) is 10.2 Å². The number of benzene rings is 1. The fourth-order valence-corrected chi connectivity index (χ4v) is 4.47. The van der Waals surface area contributed by atoms with Gasteiger partial charge in [-0.25, -0.2) is 18.9 Å². The Labute approximate surface area is 188 Å². The van der Waals surface area contributed by atoms with E-state index in [0.717, 1.165) is 52.5 Å². The fourth-order valence-electron chi connectivity index (χ4n) is 4.47. The molecule has 1 unspecified atom stereocenters. The lowest BCUT2D eigenvalue weighted by atomic mass is 10.0. The molecule has 1 fully saturated rings. The van der Waals surface area contributed by atoms with Crippen LogP contribution < -0.4 is 10.2 Å². The first-order chi connectivity index (χ1) is 16.2. The number of H-pyrrole nitrogens is 1. The Morgan fingerprint density at radius 3 is 2.82 bits per heavy atom. The molecular weight excluding hydrogens is 421 g/mol. The third-order valence-electron chi connectivity index (χ3n) is 6.10. The Morgan fingerprint density at radius 1 is 1.09 bits per heavy atom. The Kier molecular flexibility index (Phi) is 4.78. The SMILES string of the molecule is OCC1CN(c2ccc3nc(-c4ccc(F)cc4)c(-c4ccnc5[nH]ccc45)n3n2)CCN1. The average Bonchev–Trinajstić information content (AvgIpc) is 3.49. The summed E-state index contributed by atoms with van der Waals surface area (Å²) in [6, 6.07) is 14.2. The van der Waals surface area contributed by atoms with Crippen LogP contribution in [0.15, 0.2) is 60.9 Å². The highest BCUT2D eigenvalue weighted by Crippen LogP contribution is 2.36. The highest BCUT2D eigenvalue weighted by molar-refractivity contribution is 5.96. The zero-order chi connectivity index (χ0) is 22.4. The summed E-state index contributed by atoms with van der Waals surface area (Å²) in [5, 5.41) is 18.8. The Balaban J connectivity index is 1.58. The number of aliphatic hydroxyl groups is 1. The number of fused-ring (bicyclic) bond motifs is 2.